The van der Waals surface area contributed by atoms with E-state index in [4.69, 9.17) is 9.47 Å². The first-order chi connectivity index (χ1) is 9.06. The molecule has 0 atom stereocenters. The minimum Gasteiger partial charge on any atom is -0.497 e. The standard InChI is InChI=1S/C14H22N2O3/c1-10(2)16-14(17)15-8-7-11-9-12(18-3)5-6-13(11)19-4/h5-6,9-10H,7-8H2,1-4H3,(H2,15,16,17). The van der Waals surface area contributed by atoms with Gasteiger partial charge < -0.3 is 20.1 Å². The van der Waals surface area contributed by atoms with Crippen molar-refractivity contribution in [3.8, 4) is 11.5 Å². The predicted molar refractivity (Wildman–Crippen MR) is 74.9 cm³/mol. The first-order valence-electron chi connectivity index (χ1n) is 6.32. The van der Waals surface area contributed by atoms with Gasteiger partial charge in [0.25, 0.3) is 0 Å². The second-order valence-electron chi connectivity index (χ2n) is 4.48. The summed E-state index contributed by atoms with van der Waals surface area (Å²) in [7, 11) is 3.25. The quantitative estimate of drug-likeness (QED) is 0.827. The van der Waals surface area contributed by atoms with E-state index in [9.17, 15) is 4.79 Å². The number of urea groups is 1. The third kappa shape index (κ3) is 5.07. The molecule has 0 saturated carbocycles. The Hall–Kier alpha value is -1.91. The highest BCUT2D eigenvalue weighted by Gasteiger charge is 2.06. The molecule has 0 aliphatic heterocycles. The molecule has 5 nitrogen and oxygen atoms in total. The maximum atomic E-state index is 11.4. The number of methoxy groups -OCH3 is 2. The van der Waals surface area contributed by atoms with Crippen LogP contribution in [0.25, 0.3) is 0 Å². The van der Waals surface area contributed by atoms with E-state index in [0.29, 0.717) is 13.0 Å². The maximum absolute atomic E-state index is 11.4. The SMILES string of the molecule is COc1ccc(OC)c(CCNC(=O)NC(C)C)c1. The van der Waals surface area contributed by atoms with Gasteiger partial charge >= 0.3 is 6.03 Å². The summed E-state index contributed by atoms with van der Waals surface area (Å²) in [4.78, 5) is 11.4. The summed E-state index contributed by atoms with van der Waals surface area (Å²) in [5.74, 6) is 1.58. The van der Waals surface area contributed by atoms with Gasteiger partial charge in [0.1, 0.15) is 11.5 Å². The Morgan fingerprint density at radius 3 is 2.58 bits per heavy atom. The van der Waals surface area contributed by atoms with Crippen LogP contribution in [0.1, 0.15) is 19.4 Å². The van der Waals surface area contributed by atoms with Crippen LogP contribution in [0.2, 0.25) is 0 Å². The number of hydrogen-bond acceptors (Lipinski definition) is 3. The minimum absolute atomic E-state index is 0.131. The van der Waals surface area contributed by atoms with Crippen molar-refractivity contribution in [2.45, 2.75) is 26.3 Å². The zero-order chi connectivity index (χ0) is 14.3. The van der Waals surface area contributed by atoms with Crippen LogP contribution < -0.4 is 20.1 Å². The molecular formula is C14H22N2O3. The third-order valence-electron chi connectivity index (χ3n) is 2.59. The highest BCUT2D eigenvalue weighted by Crippen LogP contribution is 2.23. The van der Waals surface area contributed by atoms with Crippen LogP contribution in [0.4, 0.5) is 4.79 Å². The monoisotopic (exact) mass is 266 g/mol. The van der Waals surface area contributed by atoms with Crippen molar-refractivity contribution < 1.29 is 14.3 Å². The highest BCUT2D eigenvalue weighted by atomic mass is 16.5. The van der Waals surface area contributed by atoms with Gasteiger partial charge in [-0.05, 0) is 44.0 Å². The number of ether oxygens (including phenoxy) is 2. The Morgan fingerprint density at radius 1 is 1.26 bits per heavy atom. The number of nitrogens with one attached hydrogen (secondary N) is 2. The van der Waals surface area contributed by atoms with E-state index in [2.05, 4.69) is 10.6 Å². The van der Waals surface area contributed by atoms with Gasteiger partial charge in [-0.1, -0.05) is 0 Å². The fraction of sp³-hybridized carbons (Fsp3) is 0.500. The molecule has 2 amide bonds. The van der Waals surface area contributed by atoms with E-state index in [1.807, 2.05) is 32.0 Å². The van der Waals surface area contributed by atoms with Crippen molar-refractivity contribution >= 4 is 6.03 Å². The molecule has 1 aromatic rings. The largest absolute Gasteiger partial charge is 0.497 e. The van der Waals surface area contributed by atoms with Crippen LogP contribution >= 0.6 is 0 Å². The van der Waals surface area contributed by atoms with Crippen molar-refractivity contribution in [3.63, 3.8) is 0 Å². The molecule has 0 aliphatic rings. The Balaban J connectivity index is 2.54. The fourth-order valence-electron chi connectivity index (χ4n) is 1.70. The molecule has 0 radical (unpaired) electrons. The smallest absolute Gasteiger partial charge is 0.314 e. The molecule has 0 heterocycles. The topological polar surface area (TPSA) is 59.6 Å². The lowest BCUT2D eigenvalue weighted by Gasteiger charge is -2.12. The van der Waals surface area contributed by atoms with E-state index in [1.54, 1.807) is 14.2 Å². The van der Waals surface area contributed by atoms with E-state index >= 15 is 0 Å². The lowest BCUT2D eigenvalue weighted by Crippen LogP contribution is -2.40. The second kappa shape index (κ2) is 7.51. The number of carbonyl (C=O) groups is 1. The van der Waals surface area contributed by atoms with Crippen LogP contribution in [0.3, 0.4) is 0 Å². The van der Waals surface area contributed by atoms with Gasteiger partial charge in [0.05, 0.1) is 14.2 Å². The molecule has 106 valence electrons. The Bertz CT molecular complexity index is 419. The molecule has 0 aromatic heterocycles. The molecule has 2 N–H and O–H groups in total. The van der Waals surface area contributed by atoms with Gasteiger partial charge in [-0.25, -0.2) is 4.79 Å². The minimum atomic E-state index is -0.156. The van der Waals surface area contributed by atoms with E-state index in [1.165, 1.54) is 0 Å². The normalized spacial score (nSPS) is 10.2. The first-order valence-corrected chi connectivity index (χ1v) is 6.32. The molecule has 1 rings (SSSR count). The Labute approximate surface area is 114 Å². The van der Waals surface area contributed by atoms with Gasteiger partial charge in [-0.3, -0.25) is 0 Å². The van der Waals surface area contributed by atoms with Crippen molar-refractivity contribution in [2.24, 2.45) is 0 Å². The number of carbonyl (C=O) groups excluding carboxylic acids is 1. The van der Waals surface area contributed by atoms with Crippen molar-refractivity contribution in [1.82, 2.24) is 10.6 Å². The average Bonchev–Trinajstić information content (AvgIpc) is 2.37. The summed E-state index contributed by atoms with van der Waals surface area (Å²) < 4.78 is 10.5. The van der Waals surface area contributed by atoms with E-state index in [0.717, 1.165) is 17.1 Å². The number of amides is 2. The Morgan fingerprint density at radius 2 is 2.00 bits per heavy atom. The maximum Gasteiger partial charge on any atom is 0.314 e. The van der Waals surface area contributed by atoms with Crippen LogP contribution in [0.5, 0.6) is 11.5 Å². The molecular weight excluding hydrogens is 244 g/mol. The van der Waals surface area contributed by atoms with Crippen molar-refractivity contribution in [1.29, 1.82) is 0 Å². The zero-order valence-corrected chi connectivity index (χ0v) is 11.9. The summed E-state index contributed by atoms with van der Waals surface area (Å²) in [5, 5.41) is 5.58. The summed E-state index contributed by atoms with van der Waals surface area (Å²) in [6, 6.07) is 5.60. The molecule has 0 unspecified atom stereocenters. The summed E-state index contributed by atoms with van der Waals surface area (Å²) in [6.45, 7) is 4.39. The summed E-state index contributed by atoms with van der Waals surface area (Å²) in [6.07, 6.45) is 0.686. The Kier molecular flexibility index (Phi) is 5.99. The molecule has 0 bridgehead atoms. The molecule has 19 heavy (non-hydrogen) atoms. The summed E-state index contributed by atoms with van der Waals surface area (Å²) in [5.41, 5.74) is 1.01. The van der Waals surface area contributed by atoms with Gasteiger partial charge in [0.15, 0.2) is 0 Å². The van der Waals surface area contributed by atoms with Crippen molar-refractivity contribution in [3.05, 3.63) is 23.8 Å². The number of hydrogen-bond donors (Lipinski definition) is 2. The lowest BCUT2D eigenvalue weighted by molar-refractivity contribution is 0.238. The van der Waals surface area contributed by atoms with Gasteiger partial charge in [0.2, 0.25) is 0 Å². The van der Waals surface area contributed by atoms with Crippen LogP contribution in [-0.4, -0.2) is 32.8 Å². The molecule has 1 aromatic carbocycles. The zero-order valence-electron chi connectivity index (χ0n) is 11.9. The first kappa shape index (κ1) is 15.1. The van der Waals surface area contributed by atoms with Gasteiger partial charge in [-0.2, -0.15) is 0 Å². The molecule has 0 aliphatic carbocycles. The average molecular weight is 266 g/mol. The second-order valence-corrected chi connectivity index (χ2v) is 4.48. The lowest BCUT2D eigenvalue weighted by atomic mass is 10.1. The van der Waals surface area contributed by atoms with E-state index < -0.39 is 0 Å². The van der Waals surface area contributed by atoms with Crippen LogP contribution in [-0.2, 0) is 6.42 Å². The highest BCUT2D eigenvalue weighted by molar-refractivity contribution is 5.74. The molecule has 0 saturated heterocycles. The third-order valence-corrected chi connectivity index (χ3v) is 2.59. The van der Waals surface area contributed by atoms with Gasteiger partial charge in [-0.15, -0.1) is 0 Å². The molecule has 0 spiro atoms. The number of benzene rings is 1. The molecule has 5 heteroatoms. The van der Waals surface area contributed by atoms with Crippen molar-refractivity contribution in [2.75, 3.05) is 20.8 Å². The fourth-order valence-corrected chi connectivity index (χ4v) is 1.70. The number of rotatable bonds is 6. The van der Waals surface area contributed by atoms with Gasteiger partial charge in [0, 0.05) is 12.6 Å². The van der Waals surface area contributed by atoms with E-state index in [-0.39, 0.29) is 12.1 Å². The van der Waals surface area contributed by atoms with Crippen LogP contribution in [0.15, 0.2) is 18.2 Å². The predicted octanol–water partition coefficient (Wildman–Crippen LogP) is 1.95. The summed E-state index contributed by atoms with van der Waals surface area (Å²) >= 11 is 0. The molecule has 0 fully saturated rings. The van der Waals surface area contributed by atoms with Crippen LogP contribution in [0, 0.1) is 0 Å².